The van der Waals surface area contributed by atoms with Crippen LogP contribution in [-0.2, 0) is 11.2 Å². The predicted octanol–water partition coefficient (Wildman–Crippen LogP) is 2.75. The molecule has 0 radical (unpaired) electrons. The van der Waals surface area contributed by atoms with E-state index in [-0.39, 0.29) is 36.7 Å². The fraction of sp³-hybridized carbons (Fsp3) is 0.450. The number of benzene rings is 1. The summed E-state index contributed by atoms with van der Waals surface area (Å²) in [4.78, 5) is 20.5. The zero-order valence-corrected chi connectivity index (χ0v) is 18.3. The van der Waals surface area contributed by atoms with E-state index in [9.17, 15) is 4.79 Å². The van der Waals surface area contributed by atoms with Crippen LogP contribution in [0.25, 0.3) is 11.1 Å². The smallest absolute Gasteiger partial charge is 0.223 e. The maximum absolute atomic E-state index is 12.4. The number of carbonyl (C=O) groups excluding carboxylic acids is 1. The number of nitrogens with zero attached hydrogens (tertiary/aromatic N) is 2. The van der Waals surface area contributed by atoms with Crippen molar-refractivity contribution in [3.8, 4) is 16.9 Å². The number of rotatable bonds is 6. The number of carbonyl (C=O) groups is 1. The van der Waals surface area contributed by atoms with Crippen molar-refractivity contribution < 1.29 is 9.53 Å². The number of amides is 1. The lowest BCUT2D eigenvalue weighted by Gasteiger charge is -2.38. The van der Waals surface area contributed by atoms with Crippen LogP contribution >= 0.6 is 24.8 Å². The number of nitrogen functional groups attached to an aromatic ring is 1. The van der Waals surface area contributed by atoms with Gasteiger partial charge in [0.15, 0.2) is 0 Å². The Hall–Kier alpha value is -2.09. The summed E-state index contributed by atoms with van der Waals surface area (Å²) < 4.78 is 5.55. The number of hydrogen-bond donors (Lipinski definition) is 3. The molecule has 29 heavy (non-hydrogen) atoms. The van der Waals surface area contributed by atoms with Gasteiger partial charge in [-0.3, -0.25) is 4.79 Å². The van der Waals surface area contributed by atoms with Crippen molar-refractivity contribution in [2.24, 2.45) is 11.1 Å². The van der Waals surface area contributed by atoms with Crippen LogP contribution in [0.4, 0.5) is 5.95 Å². The van der Waals surface area contributed by atoms with Gasteiger partial charge in [0.2, 0.25) is 11.9 Å². The van der Waals surface area contributed by atoms with E-state index in [1.54, 1.807) is 19.5 Å². The van der Waals surface area contributed by atoms with E-state index < -0.39 is 5.41 Å². The summed E-state index contributed by atoms with van der Waals surface area (Å²) in [7, 11) is 3.60. The molecular formula is C20H29Cl2N5O2. The van der Waals surface area contributed by atoms with Gasteiger partial charge < -0.3 is 21.5 Å². The monoisotopic (exact) mass is 441 g/mol. The van der Waals surface area contributed by atoms with Crippen LogP contribution < -0.4 is 21.5 Å². The van der Waals surface area contributed by atoms with Crippen LogP contribution in [0.5, 0.6) is 5.75 Å². The first-order valence-electron chi connectivity index (χ1n) is 9.19. The van der Waals surface area contributed by atoms with Gasteiger partial charge in [0.05, 0.1) is 12.5 Å². The van der Waals surface area contributed by atoms with Gasteiger partial charge in [-0.2, -0.15) is 0 Å². The number of methoxy groups -OCH3 is 1. The summed E-state index contributed by atoms with van der Waals surface area (Å²) in [6.07, 6.45) is 7.36. The summed E-state index contributed by atoms with van der Waals surface area (Å²) in [5.74, 6) is 0.758. The molecule has 1 heterocycles. The fourth-order valence-corrected chi connectivity index (χ4v) is 3.92. The second-order valence-corrected chi connectivity index (χ2v) is 7.24. The van der Waals surface area contributed by atoms with E-state index in [1.807, 2.05) is 25.2 Å². The maximum atomic E-state index is 12.4. The Balaban J connectivity index is 0.00000210. The molecule has 3 rings (SSSR count). The molecule has 5 N–H and O–H groups in total. The first-order chi connectivity index (χ1) is 13.0. The van der Waals surface area contributed by atoms with Crippen molar-refractivity contribution in [1.29, 1.82) is 0 Å². The van der Waals surface area contributed by atoms with E-state index in [2.05, 4.69) is 15.3 Å². The Morgan fingerprint density at radius 1 is 1.21 bits per heavy atom. The molecule has 0 atom stereocenters. The summed E-state index contributed by atoms with van der Waals surface area (Å²) in [6.45, 7) is 0. The molecule has 9 heteroatoms. The highest BCUT2D eigenvalue weighted by molar-refractivity contribution is 5.85. The zero-order valence-electron chi connectivity index (χ0n) is 16.7. The minimum Gasteiger partial charge on any atom is -0.496 e. The minimum atomic E-state index is -0.545. The van der Waals surface area contributed by atoms with Crippen LogP contribution in [0.15, 0.2) is 30.6 Å². The third kappa shape index (κ3) is 5.50. The molecule has 1 amide bonds. The largest absolute Gasteiger partial charge is 0.496 e. The molecule has 0 aliphatic heterocycles. The van der Waals surface area contributed by atoms with Crippen molar-refractivity contribution in [2.75, 3.05) is 19.9 Å². The van der Waals surface area contributed by atoms with Gasteiger partial charge in [0.25, 0.3) is 0 Å². The van der Waals surface area contributed by atoms with Crippen molar-refractivity contribution in [3.05, 3.63) is 36.2 Å². The average molecular weight is 442 g/mol. The van der Waals surface area contributed by atoms with E-state index >= 15 is 0 Å². The van der Waals surface area contributed by atoms with Crippen molar-refractivity contribution in [3.63, 3.8) is 0 Å². The van der Waals surface area contributed by atoms with Gasteiger partial charge in [-0.25, -0.2) is 9.97 Å². The molecule has 1 aromatic carbocycles. The highest BCUT2D eigenvalue weighted by Crippen LogP contribution is 2.41. The zero-order chi connectivity index (χ0) is 19.4. The van der Waals surface area contributed by atoms with Crippen molar-refractivity contribution >= 4 is 36.7 Å². The van der Waals surface area contributed by atoms with Crippen LogP contribution in [0, 0.1) is 5.41 Å². The van der Waals surface area contributed by atoms with Gasteiger partial charge in [0, 0.05) is 24.0 Å². The lowest BCUT2D eigenvalue weighted by molar-refractivity contribution is -0.129. The SMILES string of the molecule is CNC1CCC(Cc2cc(-c3cnc(N)nc3)ccc2OC)(C(N)=O)CC1.Cl.Cl. The summed E-state index contributed by atoms with van der Waals surface area (Å²) in [5, 5.41) is 3.30. The molecule has 1 aliphatic carbocycles. The fourth-order valence-electron chi connectivity index (χ4n) is 3.92. The average Bonchev–Trinajstić information content (AvgIpc) is 2.69. The topological polar surface area (TPSA) is 116 Å². The Labute approximate surface area is 183 Å². The van der Waals surface area contributed by atoms with E-state index in [0.29, 0.717) is 12.5 Å². The molecule has 7 nitrogen and oxygen atoms in total. The molecular weight excluding hydrogens is 413 g/mol. The van der Waals surface area contributed by atoms with Crippen molar-refractivity contribution in [2.45, 2.75) is 38.1 Å². The Morgan fingerprint density at radius 3 is 2.34 bits per heavy atom. The Kier molecular flexibility index (Phi) is 9.14. The van der Waals surface area contributed by atoms with Crippen molar-refractivity contribution in [1.82, 2.24) is 15.3 Å². The number of aromatic nitrogens is 2. The number of nitrogens with one attached hydrogen (secondary N) is 1. The molecule has 0 saturated heterocycles. The van der Waals surface area contributed by atoms with E-state index in [4.69, 9.17) is 16.2 Å². The first kappa shape index (κ1) is 24.9. The lowest BCUT2D eigenvalue weighted by atomic mass is 9.68. The number of nitrogens with two attached hydrogens (primary N) is 2. The Bertz CT molecular complexity index is 809. The molecule has 0 spiro atoms. The molecule has 2 aromatic rings. The van der Waals surface area contributed by atoms with Crippen LogP contribution in [-0.4, -0.2) is 36.1 Å². The number of primary amides is 1. The first-order valence-corrected chi connectivity index (χ1v) is 9.19. The van der Waals surface area contributed by atoms with Crippen LogP contribution in [0.2, 0.25) is 0 Å². The van der Waals surface area contributed by atoms with Gasteiger partial charge in [0.1, 0.15) is 5.75 Å². The number of halogens is 2. The molecule has 1 aromatic heterocycles. The molecule has 1 aliphatic rings. The van der Waals surface area contributed by atoms with Gasteiger partial charge >= 0.3 is 0 Å². The lowest BCUT2D eigenvalue weighted by Crippen LogP contribution is -2.45. The second-order valence-electron chi connectivity index (χ2n) is 7.24. The van der Waals surface area contributed by atoms with E-state index in [0.717, 1.165) is 48.1 Å². The standard InChI is InChI=1S/C20H27N5O2.2ClH/c1-23-16-5-7-20(8-6-16,18(21)26)10-14-9-13(3-4-17(14)27-2)15-11-24-19(22)25-12-15;;/h3-4,9,11-12,16,23H,5-8,10H2,1-2H3,(H2,21,26)(H2,22,24,25);2*1H. The normalized spacial score (nSPS) is 20.8. The highest BCUT2D eigenvalue weighted by atomic mass is 35.5. The highest BCUT2D eigenvalue weighted by Gasteiger charge is 2.40. The minimum absolute atomic E-state index is 0. The summed E-state index contributed by atoms with van der Waals surface area (Å²) in [5.41, 5.74) is 13.7. The molecule has 0 unspecified atom stereocenters. The molecule has 160 valence electrons. The third-order valence-electron chi connectivity index (χ3n) is 5.69. The van der Waals surface area contributed by atoms with Crippen LogP contribution in [0.1, 0.15) is 31.2 Å². The molecule has 1 fully saturated rings. The van der Waals surface area contributed by atoms with Crippen LogP contribution in [0.3, 0.4) is 0 Å². The maximum Gasteiger partial charge on any atom is 0.223 e. The number of hydrogen-bond acceptors (Lipinski definition) is 6. The summed E-state index contributed by atoms with van der Waals surface area (Å²) >= 11 is 0. The van der Waals surface area contributed by atoms with Gasteiger partial charge in [-0.15, -0.1) is 24.8 Å². The molecule has 1 saturated carbocycles. The third-order valence-corrected chi connectivity index (χ3v) is 5.69. The van der Waals surface area contributed by atoms with Gasteiger partial charge in [-0.1, -0.05) is 6.07 Å². The predicted molar refractivity (Wildman–Crippen MR) is 120 cm³/mol. The Morgan fingerprint density at radius 2 is 1.83 bits per heavy atom. The van der Waals surface area contributed by atoms with E-state index in [1.165, 1.54) is 0 Å². The summed E-state index contributed by atoms with van der Waals surface area (Å²) in [6, 6.07) is 6.33. The second kappa shape index (κ2) is 10.6. The number of anilines is 1. The number of ether oxygens (including phenoxy) is 1. The van der Waals surface area contributed by atoms with Gasteiger partial charge in [-0.05, 0) is 62.4 Å². The molecule has 0 bridgehead atoms. The quantitative estimate of drug-likeness (QED) is 0.634.